The van der Waals surface area contributed by atoms with Crippen LogP contribution in [0.15, 0.2) is 35.3 Å². The fourth-order valence-corrected chi connectivity index (χ4v) is 1.89. The molecule has 0 heterocycles. The third-order valence-electron chi connectivity index (χ3n) is 3.05. The Balaban J connectivity index is 2.10. The molecule has 0 aliphatic carbocycles. The van der Waals surface area contributed by atoms with E-state index in [1.807, 2.05) is 12.3 Å². The number of nitrogens with two attached hydrogens (primary N) is 1. The molecule has 2 N–H and O–H groups in total. The van der Waals surface area contributed by atoms with Gasteiger partial charge < -0.3 is 5.73 Å². The molecule has 0 bridgehead atoms. The molecule has 0 aliphatic heterocycles. The van der Waals surface area contributed by atoms with Crippen molar-refractivity contribution >= 4 is 6.21 Å². The van der Waals surface area contributed by atoms with Crippen LogP contribution in [0.3, 0.4) is 0 Å². The third kappa shape index (κ3) is 7.23. The summed E-state index contributed by atoms with van der Waals surface area (Å²) < 4.78 is 0. The molecule has 2 nitrogen and oxygen atoms in total. The Labute approximate surface area is 111 Å². The molecule has 2 heteroatoms. The predicted molar refractivity (Wildman–Crippen MR) is 80.2 cm³/mol. The summed E-state index contributed by atoms with van der Waals surface area (Å²) in [6, 6.07) is 10.6. The van der Waals surface area contributed by atoms with Crippen LogP contribution in [0, 0.1) is 0 Å². The highest BCUT2D eigenvalue weighted by Crippen LogP contribution is 2.03. The highest BCUT2D eigenvalue weighted by molar-refractivity contribution is 5.63. The van der Waals surface area contributed by atoms with Gasteiger partial charge in [-0.25, -0.2) is 0 Å². The van der Waals surface area contributed by atoms with Crippen molar-refractivity contribution < 1.29 is 0 Å². The highest BCUT2D eigenvalue weighted by Gasteiger charge is 1.99. The van der Waals surface area contributed by atoms with Crippen LogP contribution < -0.4 is 5.73 Å². The van der Waals surface area contributed by atoms with Crippen molar-refractivity contribution in [2.75, 3.05) is 6.54 Å². The van der Waals surface area contributed by atoms with Crippen molar-refractivity contribution in [1.82, 2.24) is 0 Å². The Morgan fingerprint density at radius 1 is 1.17 bits per heavy atom. The number of hydrogen-bond acceptors (Lipinski definition) is 2. The zero-order valence-electron chi connectivity index (χ0n) is 11.5. The lowest BCUT2D eigenvalue weighted by molar-refractivity contribution is 0.673. The summed E-state index contributed by atoms with van der Waals surface area (Å²) in [7, 11) is 0. The monoisotopic (exact) mass is 246 g/mol. The van der Waals surface area contributed by atoms with Gasteiger partial charge in [-0.3, -0.25) is 4.99 Å². The summed E-state index contributed by atoms with van der Waals surface area (Å²) in [4.78, 5) is 4.41. The topological polar surface area (TPSA) is 38.4 Å². The van der Waals surface area contributed by atoms with E-state index in [4.69, 9.17) is 5.73 Å². The van der Waals surface area contributed by atoms with Gasteiger partial charge in [0.2, 0.25) is 0 Å². The molecule has 0 radical (unpaired) electrons. The molecule has 18 heavy (non-hydrogen) atoms. The fourth-order valence-electron chi connectivity index (χ4n) is 1.89. The highest BCUT2D eigenvalue weighted by atomic mass is 14.7. The van der Waals surface area contributed by atoms with E-state index < -0.39 is 0 Å². The minimum absolute atomic E-state index is 0.0939. The maximum atomic E-state index is 6.01. The second-order valence-electron chi connectivity index (χ2n) is 4.80. The van der Waals surface area contributed by atoms with Gasteiger partial charge >= 0.3 is 0 Å². The van der Waals surface area contributed by atoms with E-state index >= 15 is 0 Å². The van der Waals surface area contributed by atoms with Gasteiger partial charge in [0.25, 0.3) is 0 Å². The smallest absolute Gasteiger partial charge is 0.0398 e. The molecule has 1 aromatic rings. The molecule has 1 aromatic carbocycles. The lowest BCUT2D eigenvalue weighted by atomic mass is 10.1. The van der Waals surface area contributed by atoms with Crippen LogP contribution >= 0.6 is 0 Å². The summed E-state index contributed by atoms with van der Waals surface area (Å²) >= 11 is 0. The molecule has 0 aliphatic rings. The van der Waals surface area contributed by atoms with Crippen molar-refractivity contribution in [3.05, 3.63) is 35.9 Å². The van der Waals surface area contributed by atoms with Crippen LogP contribution in [0.1, 0.15) is 44.6 Å². The van der Waals surface area contributed by atoms with Gasteiger partial charge in [0.15, 0.2) is 0 Å². The summed E-state index contributed by atoms with van der Waals surface area (Å²) in [5.74, 6) is 0. The first kappa shape index (κ1) is 14.9. The molecule has 1 unspecified atom stereocenters. The van der Waals surface area contributed by atoms with Gasteiger partial charge in [0.05, 0.1) is 0 Å². The third-order valence-corrected chi connectivity index (χ3v) is 3.05. The first-order valence-electron chi connectivity index (χ1n) is 7.12. The minimum Gasteiger partial charge on any atom is -0.323 e. The normalized spacial score (nSPS) is 13.0. The van der Waals surface area contributed by atoms with Gasteiger partial charge in [-0.2, -0.15) is 0 Å². The van der Waals surface area contributed by atoms with Crippen LogP contribution in [-0.2, 0) is 6.42 Å². The molecule has 0 saturated heterocycles. The molecule has 0 amide bonds. The Morgan fingerprint density at radius 3 is 2.67 bits per heavy atom. The average molecular weight is 246 g/mol. The maximum absolute atomic E-state index is 6.01. The maximum Gasteiger partial charge on any atom is 0.0398 e. The second-order valence-corrected chi connectivity index (χ2v) is 4.80. The average Bonchev–Trinajstić information content (AvgIpc) is 2.41. The van der Waals surface area contributed by atoms with Gasteiger partial charge in [0.1, 0.15) is 0 Å². The van der Waals surface area contributed by atoms with E-state index in [-0.39, 0.29) is 6.04 Å². The Kier molecular flexibility index (Phi) is 8.15. The van der Waals surface area contributed by atoms with E-state index in [9.17, 15) is 0 Å². The first-order valence-corrected chi connectivity index (χ1v) is 7.12. The first-order chi connectivity index (χ1) is 8.83. The van der Waals surface area contributed by atoms with Crippen molar-refractivity contribution in [3.63, 3.8) is 0 Å². The Hall–Kier alpha value is -1.15. The van der Waals surface area contributed by atoms with Crippen molar-refractivity contribution in [3.8, 4) is 0 Å². The van der Waals surface area contributed by atoms with Crippen LogP contribution in [-0.4, -0.2) is 18.8 Å². The number of aryl methyl sites for hydroxylation is 1. The van der Waals surface area contributed by atoms with Crippen LogP contribution in [0.25, 0.3) is 0 Å². The van der Waals surface area contributed by atoms with E-state index in [2.05, 4.69) is 36.2 Å². The van der Waals surface area contributed by atoms with E-state index in [1.54, 1.807) is 0 Å². The van der Waals surface area contributed by atoms with Gasteiger partial charge in [-0.1, -0.05) is 56.5 Å². The van der Waals surface area contributed by atoms with Gasteiger partial charge in [-0.05, 0) is 24.8 Å². The molecular formula is C16H26N2. The van der Waals surface area contributed by atoms with Gasteiger partial charge in [-0.15, -0.1) is 0 Å². The standard InChI is InChI=1S/C16H26N2/c1-2-3-4-8-13-18-14-16(17)12-11-15-9-6-5-7-10-15/h5-7,9-10,14,16H,2-4,8,11-13,17H2,1H3. The summed E-state index contributed by atoms with van der Waals surface area (Å²) in [5, 5.41) is 0. The SMILES string of the molecule is CCCCCCN=CC(N)CCc1ccccc1. The lowest BCUT2D eigenvalue weighted by Crippen LogP contribution is -2.22. The number of benzene rings is 1. The fraction of sp³-hybridized carbons (Fsp3) is 0.562. The van der Waals surface area contributed by atoms with Gasteiger partial charge in [0, 0.05) is 18.8 Å². The van der Waals surface area contributed by atoms with Crippen molar-refractivity contribution in [2.45, 2.75) is 51.5 Å². The second kappa shape index (κ2) is 9.84. The van der Waals surface area contributed by atoms with E-state index in [0.717, 1.165) is 19.4 Å². The summed E-state index contributed by atoms with van der Waals surface area (Å²) in [6.07, 6.45) is 9.00. The number of aliphatic imine (C=N–C) groups is 1. The molecule has 1 atom stereocenters. The number of nitrogens with zero attached hydrogens (tertiary/aromatic N) is 1. The molecule has 0 saturated carbocycles. The molecule has 100 valence electrons. The molecule has 0 fully saturated rings. The minimum atomic E-state index is 0.0939. The number of unbranched alkanes of at least 4 members (excludes halogenated alkanes) is 3. The predicted octanol–water partition coefficient (Wildman–Crippen LogP) is 3.60. The molecular weight excluding hydrogens is 220 g/mol. The van der Waals surface area contributed by atoms with Crippen LogP contribution in [0.5, 0.6) is 0 Å². The number of rotatable bonds is 9. The van der Waals surface area contributed by atoms with Crippen LogP contribution in [0.4, 0.5) is 0 Å². The van der Waals surface area contributed by atoms with Crippen molar-refractivity contribution in [2.24, 2.45) is 10.7 Å². The Bertz CT molecular complexity index is 319. The van der Waals surface area contributed by atoms with Crippen molar-refractivity contribution in [1.29, 1.82) is 0 Å². The quantitative estimate of drug-likeness (QED) is 0.525. The zero-order valence-corrected chi connectivity index (χ0v) is 11.5. The largest absolute Gasteiger partial charge is 0.323 e. The summed E-state index contributed by atoms with van der Waals surface area (Å²) in [5.41, 5.74) is 7.36. The number of hydrogen-bond donors (Lipinski definition) is 1. The molecule has 0 spiro atoms. The Morgan fingerprint density at radius 2 is 1.94 bits per heavy atom. The molecule has 0 aromatic heterocycles. The van der Waals surface area contributed by atoms with E-state index in [1.165, 1.54) is 31.2 Å². The summed E-state index contributed by atoms with van der Waals surface area (Å²) in [6.45, 7) is 3.15. The zero-order chi connectivity index (χ0) is 13.1. The van der Waals surface area contributed by atoms with E-state index in [0.29, 0.717) is 0 Å². The van der Waals surface area contributed by atoms with Crippen LogP contribution in [0.2, 0.25) is 0 Å². The lowest BCUT2D eigenvalue weighted by Gasteiger charge is -2.05. The molecule has 1 rings (SSSR count).